The molecule has 0 unspecified atom stereocenters. The van der Waals surface area contributed by atoms with Crippen molar-refractivity contribution < 1.29 is 18.4 Å². The lowest BCUT2D eigenvalue weighted by molar-refractivity contribution is -0.136. The molecule has 0 N–H and O–H groups in total. The van der Waals surface area contributed by atoms with Gasteiger partial charge in [-0.2, -0.15) is 0 Å². The monoisotopic (exact) mass is 162 g/mol. The molecule has 0 bridgehead atoms. The van der Waals surface area contributed by atoms with Crippen LogP contribution in [0.5, 0.6) is 0 Å². The van der Waals surface area contributed by atoms with Crippen molar-refractivity contribution in [2.24, 2.45) is 0 Å². The zero-order chi connectivity index (χ0) is 7.82. The summed E-state index contributed by atoms with van der Waals surface area (Å²) in [6, 6.07) is 0. The number of ether oxygens (including phenoxy) is 1. The van der Waals surface area contributed by atoms with E-state index >= 15 is 0 Å². The van der Waals surface area contributed by atoms with E-state index in [1.54, 1.807) is 14.2 Å². The summed E-state index contributed by atoms with van der Waals surface area (Å²) in [4.78, 5) is 9.59. The van der Waals surface area contributed by atoms with Crippen LogP contribution in [0.4, 0.5) is 0 Å². The first-order valence-electron chi connectivity index (χ1n) is 2.66. The molecule has 10 heavy (non-hydrogen) atoms. The minimum atomic E-state index is -0.568. The highest BCUT2D eigenvalue weighted by atomic mass is 28.3. The summed E-state index contributed by atoms with van der Waals surface area (Å²) in [7, 11) is 2.73. The molecule has 0 atom stereocenters. The smallest absolute Gasteiger partial charge is 0.338 e. The zero-order valence-electron chi connectivity index (χ0n) is 5.99. The summed E-state index contributed by atoms with van der Waals surface area (Å²) in [5.41, 5.74) is 0. The SMILES string of the molecule is CO[SiH2]OC.O=C1C=CO1. The average molecular weight is 162 g/mol. The van der Waals surface area contributed by atoms with Gasteiger partial charge in [0.05, 0.1) is 6.08 Å². The lowest BCUT2D eigenvalue weighted by Gasteiger charge is -1.96. The van der Waals surface area contributed by atoms with Gasteiger partial charge in [0.2, 0.25) is 0 Å². The Morgan fingerprint density at radius 1 is 1.50 bits per heavy atom. The van der Waals surface area contributed by atoms with Gasteiger partial charge in [-0.15, -0.1) is 0 Å². The maximum absolute atomic E-state index is 9.59. The van der Waals surface area contributed by atoms with E-state index in [0.717, 1.165) is 0 Å². The summed E-state index contributed by atoms with van der Waals surface area (Å²) in [5.74, 6) is -0.245. The molecule has 0 saturated heterocycles. The van der Waals surface area contributed by atoms with Gasteiger partial charge in [-0.3, -0.25) is 0 Å². The lowest BCUT2D eigenvalue weighted by Crippen LogP contribution is -2.01. The van der Waals surface area contributed by atoms with Gasteiger partial charge in [0.1, 0.15) is 6.26 Å². The van der Waals surface area contributed by atoms with Crippen LogP contribution in [0.15, 0.2) is 12.3 Å². The van der Waals surface area contributed by atoms with Crippen LogP contribution in [0.2, 0.25) is 0 Å². The summed E-state index contributed by atoms with van der Waals surface area (Å²) < 4.78 is 13.3. The number of hydrogen-bond acceptors (Lipinski definition) is 4. The highest BCUT2D eigenvalue weighted by Gasteiger charge is 1.99. The fraction of sp³-hybridized carbons (Fsp3) is 0.400. The van der Waals surface area contributed by atoms with Crippen molar-refractivity contribution in [1.82, 2.24) is 0 Å². The Balaban J connectivity index is 0.000000162. The van der Waals surface area contributed by atoms with Crippen LogP contribution < -0.4 is 0 Å². The van der Waals surface area contributed by atoms with Crippen molar-refractivity contribution in [1.29, 1.82) is 0 Å². The molecule has 1 heterocycles. The van der Waals surface area contributed by atoms with Crippen LogP contribution in [0, 0.1) is 0 Å². The minimum Gasteiger partial charge on any atom is -0.431 e. The number of hydrogen-bond donors (Lipinski definition) is 0. The number of carbonyl (C=O) groups excluding carboxylic acids is 1. The fourth-order valence-electron chi connectivity index (χ4n) is 0.241. The van der Waals surface area contributed by atoms with Gasteiger partial charge >= 0.3 is 16.0 Å². The zero-order valence-corrected chi connectivity index (χ0v) is 7.41. The molecular weight excluding hydrogens is 152 g/mol. The van der Waals surface area contributed by atoms with Crippen molar-refractivity contribution in [2.75, 3.05) is 14.2 Å². The third-order valence-corrected chi connectivity index (χ3v) is 1.10. The van der Waals surface area contributed by atoms with Gasteiger partial charge in [-0.1, -0.05) is 0 Å². The lowest BCUT2D eigenvalue weighted by atomic mass is 10.6. The molecule has 0 spiro atoms. The average Bonchev–Trinajstić information content (AvgIpc) is 1.87. The van der Waals surface area contributed by atoms with E-state index in [9.17, 15) is 4.79 Å². The van der Waals surface area contributed by atoms with Gasteiger partial charge in [-0.05, 0) is 0 Å². The second kappa shape index (κ2) is 6.47. The molecule has 0 aromatic carbocycles. The van der Waals surface area contributed by atoms with Crippen LogP contribution in [-0.2, 0) is 18.4 Å². The van der Waals surface area contributed by atoms with E-state index in [0.29, 0.717) is 0 Å². The molecule has 1 rings (SSSR count). The van der Waals surface area contributed by atoms with Crippen molar-refractivity contribution in [3.05, 3.63) is 12.3 Å². The third kappa shape index (κ3) is 5.48. The molecule has 0 fully saturated rings. The first-order chi connectivity index (χ1) is 4.81. The van der Waals surface area contributed by atoms with Crippen LogP contribution in [0.25, 0.3) is 0 Å². The quantitative estimate of drug-likeness (QED) is 0.399. The van der Waals surface area contributed by atoms with E-state index < -0.39 is 10.0 Å². The van der Waals surface area contributed by atoms with Crippen molar-refractivity contribution in [3.8, 4) is 0 Å². The predicted octanol–water partition coefficient (Wildman–Crippen LogP) is -0.665. The standard InChI is InChI=1S/C3H2O2.C2H8O2Si/c4-3-1-2-5-3;1-3-5-4-2/h1-2H;5H2,1-2H3. The normalized spacial score (nSPS) is 12.8. The molecule has 0 radical (unpaired) electrons. The van der Waals surface area contributed by atoms with E-state index in [1.165, 1.54) is 12.3 Å². The van der Waals surface area contributed by atoms with Crippen molar-refractivity contribution in [3.63, 3.8) is 0 Å². The maximum atomic E-state index is 9.59. The molecule has 0 aromatic heterocycles. The van der Waals surface area contributed by atoms with Crippen LogP contribution in [-0.4, -0.2) is 30.2 Å². The van der Waals surface area contributed by atoms with Crippen molar-refractivity contribution in [2.45, 2.75) is 0 Å². The summed E-state index contributed by atoms with van der Waals surface area (Å²) >= 11 is 0. The number of rotatable bonds is 2. The molecule has 58 valence electrons. The Morgan fingerprint density at radius 2 is 1.90 bits per heavy atom. The Bertz CT molecular complexity index is 121. The second-order valence-corrected chi connectivity index (χ2v) is 2.83. The van der Waals surface area contributed by atoms with Crippen molar-refractivity contribution >= 4 is 16.0 Å². The fourth-order valence-corrected chi connectivity index (χ4v) is 0.477. The predicted molar refractivity (Wildman–Crippen MR) is 37.8 cm³/mol. The highest BCUT2D eigenvalue weighted by Crippen LogP contribution is 1.91. The minimum absolute atomic E-state index is 0.245. The van der Waals surface area contributed by atoms with Gasteiger partial charge in [0.25, 0.3) is 0 Å². The molecular formula is C5H10O4Si. The van der Waals surface area contributed by atoms with E-state index in [-0.39, 0.29) is 5.97 Å². The summed E-state index contributed by atoms with van der Waals surface area (Å²) in [6.07, 6.45) is 2.71. The number of esters is 1. The van der Waals surface area contributed by atoms with E-state index in [1.807, 2.05) is 0 Å². The topological polar surface area (TPSA) is 44.8 Å². The van der Waals surface area contributed by atoms with Gasteiger partial charge in [0, 0.05) is 14.2 Å². The number of cyclic esters (lactones) is 1. The molecule has 0 aliphatic carbocycles. The van der Waals surface area contributed by atoms with Crippen LogP contribution >= 0.6 is 0 Å². The molecule has 1 aliphatic rings. The van der Waals surface area contributed by atoms with Gasteiger partial charge in [0.15, 0.2) is 0 Å². The first kappa shape index (κ1) is 9.35. The Labute approximate surface area is 61.8 Å². The van der Waals surface area contributed by atoms with Gasteiger partial charge in [-0.25, -0.2) is 4.79 Å². The highest BCUT2D eigenvalue weighted by molar-refractivity contribution is 6.17. The molecule has 0 saturated carbocycles. The Kier molecular flexibility index (Phi) is 6.04. The Morgan fingerprint density at radius 3 is 1.90 bits per heavy atom. The van der Waals surface area contributed by atoms with Crippen LogP contribution in [0.1, 0.15) is 0 Å². The van der Waals surface area contributed by atoms with Crippen LogP contribution in [0.3, 0.4) is 0 Å². The largest absolute Gasteiger partial charge is 0.431 e. The van der Waals surface area contributed by atoms with E-state index in [2.05, 4.69) is 13.6 Å². The summed E-state index contributed by atoms with van der Waals surface area (Å²) in [5, 5.41) is 0. The molecule has 0 aromatic rings. The van der Waals surface area contributed by atoms with E-state index in [4.69, 9.17) is 0 Å². The Hall–Kier alpha value is -0.653. The second-order valence-electron chi connectivity index (χ2n) is 1.43. The molecule has 4 nitrogen and oxygen atoms in total. The first-order valence-corrected chi connectivity index (χ1v) is 3.81. The summed E-state index contributed by atoms with van der Waals surface area (Å²) in [6.45, 7) is 0. The molecule has 5 heteroatoms. The van der Waals surface area contributed by atoms with Gasteiger partial charge < -0.3 is 13.6 Å². The third-order valence-electron chi connectivity index (χ3n) is 0.624. The maximum Gasteiger partial charge on any atom is 0.338 e. The number of carbonyl (C=O) groups is 1. The molecule has 1 aliphatic heterocycles. The molecule has 0 amide bonds.